The molecular formula is C20H22N6O2. The van der Waals surface area contributed by atoms with Crippen LogP contribution in [0.4, 0.5) is 0 Å². The maximum atomic E-state index is 12.5. The zero-order valence-corrected chi connectivity index (χ0v) is 15.8. The van der Waals surface area contributed by atoms with E-state index in [1.807, 2.05) is 35.4 Å². The molecule has 1 aromatic carbocycles. The van der Waals surface area contributed by atoms with E-state index in [1.54, 1.807) is 18.1 Å². The molecule has 1 aliphatic rings. The number of fused-ring (bicyclic) bond motifs is 1. The summed E-state index contributed by atoms with van der Waals surface area (Å²) in [7, 11) is 1.65. The van der Waals surface area contributed by atoms with Gasteiger partial charge in [-0.2, -0.15) is 5.10 Å². The van der Waals surface area contributed by atoms with Crippen molar-refractivity contribution in [3.05, 3.63) is 65.8 Å². The number of amides is 1. The summed E-state index contributed by atoms with van der Waals surface area (Å²) in [6.45, 7) is 1.83. The van der Waals surface area contributed by atoms with Crippen LogP contribution in [0.15, 0.2) is 43.1 Å². The van der Waals surface area contributed by atoms with E-state index in [9.17, 15) is 4.79 Å². The van der Waals surface area contributed by atoms with Gasteiger partial charge in [-0.1, -0.05) is 12.1 Å². The number of nitrogens with zero attached hydrogens (tertiary/aromatic N) is 6. The number of aryl methyl sites for hydroxylation is 1. The lowest BCUT2D eigenvalue weighted by Crippen LogP contribution is -2.25. The van der Waals surface area contributed by atoms with E-state index in [2.05, 4.69) is 20.1 Å². The van der Waals surface area contributed by atoms with Crippen LogP contribution in [0.2, 0.25) is 0 Å². The fourth-order valence-corrected chi connectivity index (χ4v) is 3.28. The Balaban J connectivity index is 1.33. The summed E-state index contributed by atoms with van der Waals surface area (Å²) in [6, 6.07) is 7.89. The maximum absolute atomic E-state index is 12.5. The van der Waals surface area contributed by atoms with Gasteiger partial charge in [0, 0.05) is 37.7 Å². The van der Waals surface area contributed by atoms with Gasteiger partial charge in [0.1, 0.15) is 24.2 Å². The van der Waals surface area contributed by atoms with Gasteiger partial charge in [0.05, 0.1) is 19.3 Å². The van der Waals surface area contributed by atoms with Crippen molar-refractivity contribution >= 4 is 5.91 Å². The molecule has 0 saturated carbocycles. The molecule has 0 fully saturated rings. The molecule has 1 amide bonds. The molecule has 0 bridgehead atoms. The van der Waals surface area contributed by atoms with Gasteiger partial charge >= 0.3 is 0 Å². The predicted molar refractivity (Wildman–Crippen MR) is 101 cm³/mol. The molecular weight excluding hydrogens is 356 g/mol. The molecule has 0 aliphatic carbocycles. The van der Waals surface area contributed by atoms with Crippen molar-refractivity contribution in [2.45, 2.75) is 38.9 Å². The number of aromatic nitrogens is 5. The van der Waals surface area contributed by atoms with Gasteiger partial charge < -0.3 is 9.64 Å². The number of rotatable bonds is 7. The summed E-state index contributed by atoms with van der Waals surface area (Å²) >= 11 is 0. The molecule has 28 heavy (non-hydrogen) atoms. The molecule has 3 heterocycles. The Hall–Kier alpha value is -3.29. The van der Waals surface area contributed by atoms with Crippen molar-refractivity contribution in [2.75, 3.05) is 7.11 Å². The molecule has 0 radical (unpaired) electrons. The molecule has 0 saturated heterocycles. The second kappa shape index (κ2) is 8.16. The Morgan fingerprint density at radius 2 is 2.07 bits per heavy atom. The number of ether oxygens (including phenoxy) is 1. The molecule has 3 aromatic rings. The van der Waals surface area contributed by atoms with E-state index < -0.39 is 0 Å². The Morgan fingerprint density at radius 1 is 1.21 bits per heavy atom. The van der Waals surface area contributed by atoms with E-state index in [0.717, 1.165) is 34.8 Å². The first-order valence-corrected chi connectivity index (χ1v) is 9.28. The number of hydrogen-bond acceptors (Lipinski definition) is 6. The standard InChI is InChI=1S/C20H22N6O2/c1-28-17-6-4-15(5-7-17)9-19-22-10-16-11-25(12-18(16)24-19)20(27)3-2-8-26-14-21-13-23-26/h4-7,10,13-14H,2-3,8-9,11-12H2,1H3. The molecule has 0 unspecified atom stereocenters. The van der Waals surface area contributed by atoms with Crippen LogP contribution in [0.5, 0.6) is 5.75 Å². The molecule has 0 N–H and O–H groups in total. The highest BCUT2D eigenvalue weighted by Crippen LogP contribution is 2.22. The fourth-order valence-electron chi connectivity index (χ4n) is 3.28. The molecule has 144 valence electrons. The molecule has 4 rings (SSSR count). The van der Waals surface area contributed by atoms with Crippen LogP contribution < -0.4 is 4.74 Å². The Kier molecular flexibility index (Phi) is 5.27. The Bertz CT molecular complexity index is 940. The van der Waals surface area contributed by atoms with Crippen LogP contribution in [0.25, 0.3) is 0 Å². The van der Waals surface area contributed by atoms with Crippen molar-refractivity contribution in [3.63, 3.8) is 0 Å². The fraction of sp³-hybridized carbons (Fsp3) is 0.350. The van der Waals surface area contributed by atoms with Crippen molar-refractivity contribution in [3.8, 4) is 5.75 Å². The molecule has 0 atom stereocenters. The number of carbonyl (C=O) groups excluding carboxylic acids is 1. The Labute approximate surface area is 163 Å². The summed E-state index contributed by atoms with van der Waals surface area (Å²) in [6.07, 6.45) is 6.90. The number of hydrogen-bond donors (Lipinski definition) is 0. The molecule has 8 nitrogen and oxygen atoms in total. The monoisotopic (exact) mass is 378 g/mol. The van der Waals surface area contributed by atoms with Gasteiger partial charge in [-0.3, -0.25) is 9.48 Å². The zero-order chi connectivity index (χ0) is 19.3. The third kappa shape index (κ3) is 4.16. The molecule has 0 spiro atoms. The van der Waals surface area contributed by atoms with Crippen LogP contribution in [0.3, 0.4) is 0 Å². The van der Waals surface area contributed by atoms with Crippen LogP contribution in [-0.2, 0) is 30.8 Å². The first kappa shape index (κ1) is 18.1. The van der Waals surface area contributed by atoms with Crippen LogP contribution in [0.1, 0.15) is 35.5 Å². The van der Waals surface area contributed by atoms with Gasteiger partial charge in [0.2, 0.25) is 5.91 Å². The summed E-state index contributed by atoms with van der Waals surface area (Å²) in [4.78, 5) is 27.4. The summed E-state index contributed by atoms with van der Waals surface area (Å²) < 4.78 is 6.93. The zero-order valence-electron chi connectivity index (χ0n) is 15.8. The highest BCUT2D eigenvalue weighted by molar-refractivity contribution is 5.76. The van der Waals surface area contributed by atoms with E-state index in [1.165, 1.54) is 6.33 Å². The van der Waals surface area contributed by atoms with Crippen molar-refractivity contribution in [1.82, 2.24) is 29.6 Å². The van der Waals surface area contributed by atoms with E-state index in [0.29, 0.717) is 32.5 Å². The van der Waals surface area contributed by atoms with Crippen LogP contribution >= 0.6 is 0 Å². The van der Waals surface area contributed by atoms with E-state index in [4.69, 9.17) is 4.74 Å². The minimum Gasteiger partial charge on any atom is -0.497 e. The molecule has 8 heteroatoms. The second-order valence-electron chi connectivity index (χ2n) is 6.79. The topological polar surface area (TPSA) is 86.0 Å². The lowest BCUT2D eigenvalue weighted by atomic mass is 10.1. The van der Waals surface area contributed by atoms with Gasteiger partial charge in [-0.05, 0) is 24.1 Å². The average Bonchev–Trinajstić information content (AvgIpc) is 3.38. The first-order chi connectivity index (χ1) is 13.7. The highest BCUT2D eigenvalue weighted by atomic mass is 16.5. The largest absolute Gasteiger partial charge is 0.497 e. The summed E-state index contributed by atoms with van der Waals surface area (Å²) in [5, 5.41) is 4.05. The van der Waals surface area contributed by atoms with Gasteiger partial charge in [-0.15, -0.1) is 0 Å². The van der Waals surface area contributed by atoms with Crippen molar-refractivity contribution in [1.29, 1.82) is 0 Å². The smallest absolute Gasteiger partial charge is 0.223 e. The minimum atomic E-state index is 0.134. The highest BCUT2D eigenvalue weighted by Gasteiger charge is 2.24. The minimum absolute atomic E-state index is 0.134. The van der Waals surface area contributed by atoms with Crippen molar-refractivity contribution in [2.24, 2.45) is 0 Å². The van der Waals surface area contributed by atoms with Crippen LogP contribution in [-0.4, -0.2) is 42.6 Å². The second-order valence-corrected chi connectivity index (χ2v) is 6.79. The summed E-state index contributed by atoms with van der Waals surface area (Å²) in [5.41, 5.74) is 3.10. The van der Waals surface area contributed by atoms with Gasteiger partial charge in [0.15, 0.2) is 0 Å². The van der Waals surface area contributed by atoms with Gasteiger partial charge in [0.25, 0.3) is 0 Å². The van der Waals surface area contributed by atoms with E-state index in [-0.39, 0.29) is 5.91 Å². The quantitative estimate of drug-likeness (QED) is 0.625. The molecule has 2 aromatic heterocycles. The van der Waals surface area contributed by atoms with Gasteiger partial charge in [-0.25, -0.2) is 15.0 Å². The maximum Gasteiger partial charge on any atom is 0.223 e. The first-order valence-electron chi connectivity index (χ1n) is 9.28. The predicted octanol–water partition coefficient (Wildman–Crippen LogP) is 1.99. The average molecular weight is 378 g/mol. The third-order valence-corrected chi connectivity index (χ3v) is 4.82. The normalized spacial score (nSPS) is 12.8. The van der Waals surface area contributed by atoms with Crippen molar-refractivity contribution < 1.29 is 9.53 Å². The Morgan fingerprint density at radius 3 is 2.82 bits per heavy atom. The molecule has 1 aliphatic heterocycles. The lowest BCUT2D eigenvalue weighted by molar-refractivity contribution is -0.132. The third-order valence-electron chi connectivity index (χ3n) is 4.82. The van der Waals surface area contributed by atoms with Crippen LogP contribution in [0, 0.1) is 0 Å². The summed E-state index contributed by atoms with van der Waals surface area (Å²) in [5.74, 6) is 1.73. The number of methoxy groups -OCH3 is 1. The van der Waals surface area contributed by atoms with E-state index >= 15 is 0 Å². The number of benzene rings is 1. The SMILES string of the molecule is COc1ccc(Cc2ncc3c(n2)CN(C(=O)CCCn2cncn2)C3)cc1. The lowest BCUT2D eigenvalue weighted by Gasteiger charge is -2.14. The number of carbonyl (C=O) groups is 1.